The number of hydrogen-bond donors (Lipinski definition) is 2. The molecule has 3 aromatic carbocycles. The Morgan fingerprint density at radius 2 is 1.10 bits per heavy atom. The first-order chi connectivity index (χ1) is 14.6. The van der Waals surface area contributed by atoms with E-state index in [4.69, 9.17) is 10.2 Å². The van der Waals surface area contributed by atoms with E-state index in [0.717, 1.165) is 16.2 Å². The van der Waals surface area contributed by atoms with Gasteiger partial charge in [-0.2, -0.15) is 5.10 Å². The Morgan fingerprint density at radius 1 is 0.600 bits per heavy atom. The normalized spacial score (nSPS) is 10.5. The van der Waals surface area contributed by atoms with Crippen molar-refractivity contribution in [1.82, 2.24) is 30.8 Å². The van der Waals surface area contributed by atoms with Gasteiger partial charge in [-0.25, -0.2) is 9.59 Å². The molecule has 5 aromatic rings. The lowest BCUT2D eigenvalue weighted by atomic mass is 10.0. The average molecular weight is 400 g/mol. The summed E-state index contributed by atoms with van der Waals surface area (Å²) in [6.45, 7) is 0. The Hall–Kier alpha value is -4.60. The maximum Gasteiger partial charge on any atom is 0.336 e. The molecule has 0 amide bonds. The highest BCUT2D eigenvalue weighted by atomic mass is 16.4. The average Bonchev–Trinajstić information content (AvgIpc) is 2.80. The molecule has 0 bridgehead atoms. The van der Waals surface area contributed by atoms with E-state index in [2.05, 4.69) is 30.8 Å². The number of nitrogens with zero attached hydrogens (tertiary/aromatic N) is 6. The lowest BCUT2D eigenvalue weighted by Gasteiger charge is -2.04. The molecule has 30 heavy (non-hydrogen) atoms. The van der Waals surface area contributed by atoms with E-state index in [1.807, 2.05) is 30.3 Å². The van der Waals surface area contributed by atoms with Crippen LogP contribution in [-0.4, -0.2) is 53.0 Å². The van der Waals surface area contributed by atoms with Gasteiger partial charge in [0.05, 0.1) is 17.3 Å². The van der Waals surface area contributed by atoms with Crippen molar-refractivity contribution < 1.29 is 19.8 Å². The number of carboxylic acids is 2. The van der Waals surface area contributed by atoms with Gasteiger partial charge in [-0.15, -0.1) is 15.3 Å². The minimum Gasteiger partial charge on any atom is -0.478 e. The third kappa shape index (κ3) is 3.33. The molecule has 0 radical (unpaired) electrons. The lowest BCUT2D eigenvalue weighted by Crippen LogP contribution is -2.06. The van der Waals surface area contributed by atoms with Gasteiger partial charge in [0.1, 0.15) is 16.6 Å². The largest absolute Gasteiger partial charge is 0.478 e. The maximum absolute atomic E-state index is 10.5. The quantitative estimate of drug-likeness (QED) is 0.423. The zero-order valence-electron chi connectivity index (χ0n) is 15.2. The van der Waals surface area contributed by atoms with Crippen molar-refractivity contribution in [2.45, 2.75) is 0 Å². The minimum absolute atomic E-state index is 0.190. The summed E-state index contributed by atoms with van der Waals surface area (Å²) in [5.74, 6) is -2.46. The van der Waals surface area contributed by atoms with Gasteiger partial charge in [0.25, 0.3) is 0 Å². The van der Waals surface area contributed by atoms with E-state index in [9.17, 15) is 9.59 Å². The molecule has 5 rings (SSSR count). The topological polar surface area (TPSA) is 152 Å². The predicted molar refractivity (Wildman–Crippen MR) is 106 cm³/mol. The Bertz CT molecular complexity index is 1170. The zero-order valence-corrected chi connectivity index (χ0v) is 15.2. The molecular formula is C20H12N6O4. The molecule has 0 aliphatic carbocycles. The number of carboxylic acid groups (broad SMARTS) is 2. The van der Waals surface area contributed by atoms with Crippen LogP contribution >= 0.6 is 0 Å². The standard InChI is InChI=1S/C12H6N6.C8H6O4/c1-2-4-8-7(3-1)9-5-6-13-14-10(9)12-11(8)15-17-18-16-12;9-7(10)5-3-1-2-4-6(5)8(11)12/h1-6H;1-4H,(H,9,10)(H,11,12). The highest BCUT2D eigenvalue weighted by molar-refractivity contribution is 6.21. The van der Waals surface area contributed by atoms with Crippen LogP contribution in [0.4, 0.5) is 0 Å². The summed E-state index contributed by atoms with van der Waals surface area (Å²) in [5.41, 5.74) is 1.66. The first-order valence-electron chi connectivity index (χ1n) is 8.61. The fraction of sp³-hybridized carbons (Fsp3) is 0. The first kappa shape index (κ1) is 18.7. The van der Waals surface area contributed by atoms with Crippen molar-refractivity contribution in [3.8, 4) is 0 Å². The fourth-order valence-electron chi connectivity index (χ4n) is 3.07. The molecule has 0 saturated heterocycles. The van der Waals surface area contributed by atoms with Gasteiger partial charge in [-0.05, 0) is 34.0 Å². The van der Waals surface area contributed by atoms with E-state index in [1.165, 1.54) is 24.3 Å². The highest BCUT2D eigenvalue weighted by Gasteiger charge is 2.14. The lowest BCUT2D eigenvalue weighted by molar-refractivity contribution is 0.0651. The number of fused-ring (bicyclic) bond motifs is 6. The Kier molecular flexibility index (Phi) is 4.87. The third-order valence-electron chi connectivity index (χ3n) is 4.36. The van der Waals surface area contributed by atoms with Crippen molar-refractivity contribution in [2.24, 2.45) is 0 Å². The number of aromatic nitrogens is 6. The molecule has 0 spiro atoms. The third-order valence-corrected chi connectivity index (χ3v) is 4.36. The molecular weight excluding hydrogens is 388 g/mol. The van der Waals surface area contributed by atoms with Gasteiger partial charge in [-0.1, -0.05) is 36.4 Å². The van der Waals surface area contributed by atoms with E-state index < -0.39 is 11.9 Å². The molecule has 10 heteroatoms. The van der Waals surface area contributed by atoms with E-state index in [-0.39, 0.29) is 11.1 Å². The van der Waals surface area contributed by atoms with Gasteiger partial charge in [0, 0.05) is 10.8 Å². The number of rotatable bonds is 2. The highest BCUT2D eigenvalue weighted by Crippen LogP contribution is 2.30. The summed E-state index contributed by atoms with van der Waals surface area (Å²) in [6.07, 6.45) is 1.67. The van der Waals surface area contributed by atoms with Gasteiger partial charge >= 0.3 is 11.9 Å². The van der Waals surface area contributed by atoms with Crippen molar-refractivity contribution in [2.75, 3.05) is 0 Å². The van der Waals surface area contributed by atoms with E-state index in [0.29, 0.717) is 16.6 Å². The van der Waals surface area contributed by atoms with Crippen molar-refractivity contribution >= 4 is 44.6 Å². The van der Waals surface area contributed by atoms with Gasteiger partial charge < -0.3 is 10.2 Å². The second-order valence-corrected chi connectivity index (χ2v) is 6.07. The number of benzene rings is 3. The molecule has 146 valence electrons. The maximum atomic E-state index is 10.5. The van der Waals surface area contributed by atoms with Crippen LogP contribution in [0.5, 0.6) is 0 Å². The van der Waals surface area contributed by atoms with Crippen LogP contribution < -0.4 is 0 Å². The van der Waals surface area contributed by atoms with Crippen molar-refractivity contribution in [1.29, 1.82) is 0 Å². The predicted octanol–water partition coefficient (Wildman–Crippen LogP) is 2.60. The molecule has 2 aromatic heterocycles. The summed E-state index contributed by atoms with van der Waals surface area (Å²) in [7, 11) is 0. The molecule has 2 heterocycles. The van der Waals surface area contributed by atoms with E-state index in [1.54, 1.807) is 6.20 Å². The van der Waals surface area contributed by atoms with Crippen LogP contribution in [0, 0.1) is 0 Å². The van der Waals surface area contributed by atoms with Gasteiger partial charge in [0.15, 0.2) is 0 Å². The van der Waals surface area contributed by atoms with Crippen LogP contribution in [0.15, 0.2) is 60.8 Å². The molecule has 2 N–H and O–H groups in total. The molecule has 0 fully saturated rings. The fourth-order valence-corrected chi connectivity index (χ4v) is 3.07. The Balaban J connectivity index is 0.000000159. The SMILES string of the molecule is O=C(O)c1ccccc1C(=O)O.c1ccc2c(c1)c1ccnnc1c1nnnnc21. The summed E-state index contributed by atoms with van der Waals surface area (Å²) < 4.78 is 0. The van der Waals surface area contributed by atoms with E-state index >= 15 is 0 Å². The molecule has 0 atom stereocenters. The number of hydrogen-bond acceptors (Lipinski definition) is 8. The second-order valence-electron chi connectivity index (χ2n) is 6.07. The molecule has 10 nitrogen and oxygen atoms in total. The summed E-state index contributed by atoms with van der Waals surface area (Å²) in [6, 6.07) is 15.4. The van der Waals surface area contributed by atoms with Crippen LogP contribution in [-0.2, 0) is 0 Å². The molecule has 0 aliphatic heterocycles. The monoisotopic (exact) mass is 400 g/mol. The Labute approximate surface area is 167 Å². The summed E-state index contributed by atoms with van der Waals surface area (Å²) in [5, 5.41) is 43.5. The van der Waals surface area contributed by atoms with Crippen LogP contribution in [0.1, 0.15) is 20.7 Å². The van der Waals surface area contributed by atoms with Gasteiger partial charge in [-0.3, -0.25) is 0 Å². The van der Waals surface area contributed by atoms with Crippen molar-refractivity contribution in [3.63, 3.8) is 0 Å². The summed E-state index contributed by atoms with van der Waals surface area (Å²) in [4.78, 5) is 20.9. The van der Waals surface area contributed by atoms with Crippen LogP contribution in [0.2, 0.25) is 0 Å². The molecule has 0 unspecified atom stereocenters. The van der Waals surface area contributed by atoms with Crippen LogP contribution in [0.3, 0.4) is 0 Å². The smallest absolute Gasteiger partial charge is 0.336 e. The molecule has 0 saturated carbocycles. The summed E-state index contributed by atoms with van der Waals surface area (Å²) >= 11 is 0. The number of carbonyl (C=O) groups is 2. The second kappa shape index (κ2) is 7.80. The number of aromatic carboxylic acids is 2. The molecule has 0 aliphatic rings. The van der Waals surface area contributed by atoms with Gasteiger partial charge in [0.2, 0.25) is 0 Å². The zero-order chi connectivity index (χ0) is 21.1. The van der Waals surface area contributed by atoms with Crippen molar-refractivity contribution in [3.05, 3.63) is 71.9 Å². The van der Waals surface area contributed by atoms with Crippen LogP contribution in [0.25, 0.3) is 32.7 Å². The Morgan fingerprint density at radius 3 is 1.73 bits per heavy atom. The minimum atomic E-state index is -1.23. The first-order valence-corrected chi connectivity index (χ1v) is 8.61.